The summed E-state index contributed by atoms with van der Waals surface area (Å²) in [6.45, 7) is 8.74. The van der Waals surface area contributed by atoms with Crippen molar-refractivity contribution in [2.45, 2.75) is 26.6 Å². The Morgan fingerprint density at radius 3 is 2.50 bits per heavy atom. The molecule has 3 nitrogen and oxygen atoms in total. The predicted molar refractivity (Wildman–Crippen MR) is 67.0 cm³/mol. The molecule has 0 amide bonds. The smallest absolute Gasteiger partial charge is 0.242 e. The van der Waals surface area contributed by atoms with Gasteiger partial charge >= 0.3 is 0 Å². The summed E-state index contributed by atoms with van der Waals surface area (Å²) < 4.78 is 11.1. The first-order valence-corrected chi connectivity index (χ1v) is 8.78. The molecule has 1 aromatic rings. The van der Waals surface area contributed by atoms with Gasteiger partial charge in [0.15, 0.2) is 6.29 Å². The molecule has 0 unspecified atom stereocenters. The third kappa shape index (κ3) is 3.70. The quantitative estimate of drug-likeness (QED) is 0.584. The molecule has 0 atom stereocenters. The standard InChI is InChI=1S/C12H18O3Si/c1-5-14-11-6-7-12(10(8-11)9-13)15-16(2,3)4/h6-9H,5H2,1-4H3. The van der Waals surface area contributed by atoms with Crippen molar-refractivity contribution in [3.63, 3.8) is 0 Å². The van der Waals surface area contributed by atoms with Crippen molar-refractivity contribution in [2.75, 3.05) is 6.61 Å². The highest BCUT2D eigenvalue weighted by Crippen LogP contribution is 2.25. The van der Waals surface area contributed by atoms with E-state index >= 15 is 0 Å². The van der Waals surface area contributed by atoms with Gasteiger partial charge in [-0.25, -0.2) is 0 Å². The van der Waals surface area contributed by atoms with E-state index in [4.69, 9.17) is 9.16 Å². The second-order valence-corrected chi connectivity index (χ2v) is 8.89. The lowest BCUT2D eigenvalue weighted by Gasteiger charge is -2.20. The fraction of sp³-hybridized carbons (Fsp3) is 0.417. The first-order chi connectivity index (χ1) is 7.46. The maximum Gasteiger partial charge on any atom is 0.242 e. The van der Waals surface area contributed by atoms with E-state index in [2.05, 4.69) is 19.6 Å². The van der Waals surface area contributed by atoms with Crippen LogP contribution in [-0.4, -0.2) is 21.2 Å². The second kappa shape index (κ2) is 5.16. The summed E-state index contributed by atoms with van der Waals surface area (Å²) in [5.41, 5.74) is 0.549. The lowest BCUT2D eigenvalue weighted by Crippen LogP contribution is -2.29. The Balaban J connectivity index is 2.97. The van der Waals surface area contributed by atoms with Crippen LogP contribution in [0.25, 0.3) is 0 Å². The van der Waals surface area contributed by atoms with E-state index < -0.39 is 8.32 Å². The van der Waals surface area contributed by atoms with Crippen molar-refractivity contribution in [3.05, 3.63) is 23.8 Å². The van der Waals surface area contributed by atoms with Crippen LogP contribution in [0.15, 0.2) is 18.2 Å². The van der Waals surface area contributed by atoms with Crippen LogP contribution in [0.2, 0.25) is 19.6 Å². The summed E-state index contributed by atoms with van der Waals surface area (Å²) in [5.74, 6) is 1.35. The van der Waals surface area contributed by atoms with Crippen LogP contribution in [-0.2, 0) is 0 Å². The van der Waals surface area contributed by atoms with Crippen LogP contribution in [0.3, 0.4) is 0 Å². The average molecular weight is 238 g/mol. The number of rotatable bonds is 5. The van der Waals surface area contributed by atoms with E-state index in [0.717, 1.165) is 6.29 Å². The number of hydrogen-bond donors (Lipinski definition) is 0. The number of carbonyl (C=O) groups excluding carboxylic acids is 1. The molecule has 16 heavy (non-hydrogen) atoms. The van der Waals surface area contributed by atoms with Crippen molar-refractivity contribution in [3.8, 4) is 11.5 Å². The summed E-state index contributed by atoms with van der Waals surface area (Å²) in [4.78, 5) is 10.9. The normalized spacial score (nSPS) is 11.0. The molecule has 0 saturated carbocycles. The fourth-order valence-electron chi connectivity index (χ4n) is 1.30. The molecule has 0 heterocycles. The van der Waals surface area contributed by atoms with Crippen LogP contribution in [0.5, 0.6) is 11.5 Å². The number of ether oxygens (including phenoxy) is 1. The second-order valence-electron chi connectivity index (χ2n) is 4.46. The maximum absolute atomic E-state index is 10.9. The van der Waals surface area contributed by atoms with E-state index in [1.165, 1.54) is 0 Å². The highest BCUT2D eigenvalue weighted by molar-refractivity contribution is 6.70. The van der Waals surface area contributed by atoms with Gasteiger partial charge in [0.1, 0.15) is 11.5 Å². The van der Waals surface area contributed by atoms with Crippen molar-refractivity contribution < 1.29 is 14.0 Å². The number of carbonyl (C=O) groups is 1. The molecule has 0 bridgehead atoms. The zero-order valence-electron chi connectivity index (χ0n) is 10.2. The van der Waals surface area contributed by atoms with Gasteiger partial charge in [-0.05, 0) is 44.8 Å². The zero-order valence-corrected chi connectivity index (χ0v) is 11.2. The summed E-state index contributed by atoms with van der Waals surface area (Å²) in [7, 11) is -1.68. The molecule has 0 N–H and O–H groups in total. The minimum atomic E-state index is -1.68. The zero-order chi connectivity index (χ0) is 12.2. The van der Waals surface area contributed by atoms with E-state index in [0.29, 0.717) is 23.7 Å². The molecule has 0 fully saturated rings. The summed E-state index contributed by atoms with van der Waals surface area (Å²) in [5, 5.41) is 0. The number of aldehydes is 1. The molecule has 0 aromatic heterocycles. The molecule has 88 valence electrons. The Kier molecular flexibility index (Phi) is 4.12. The lowest BCUT2D eigenvalue weighted by molar-refractivity contribution is 0.112. The van der Waals surface area contributed by atoms with Crippen molar-refractivity contribution in [1.82, 2.24) is 0 Å². The van der Waals surface area contributed by atoms with E-state index in [1.807, 2.05) is 13.0 Å². The monoisotopic (exact) mass is 238 g/mol. The minimum absolute atomic E-state index is 0.549. The highest BCUT2D eigenvalue weighted by atomic mass is 28.4. The maximum atomic E-state index is 10.9. The predicted octanol–water partition coefficient (Wildman–Crippen LogP) is 3.11. The van der Waals surface area contributed by atoms with Gasteiger partial charge in [-0.1, -0.05) is 0 Å². The SMILES string of the molecule is CCOc1ccc(O[Si](C)(C)C)c(C=O)c1. The van der Waals surface area contributed by atoms with Gasteiger partial charge < -0.3 is 9.16 Å². The summed E-state index contributed by atoms with van der Waals surface area (Å²) in [6, 6.07) is 5.34. The van der Waals surface area contributed by atoms with Gasteiger partial charge in [-0.2, -0.15) is 0 Å². The Hall–Kier alpha value is -1.29. The molecule has 1 aromatic carbocycles. The Labute approximate surface area is 97.5 Å². The van der Waals surface area contributed by atoms with Gasteiger partial charge in [-0.15, -0.1) is 0 Å². The van der Waals surface area contributed by atoms with Gasteiger partial charge in [-0.3, -0.25) is 4.79 Å². The van der Waals surface area contributed by atoms with Crippen LogP contribution in [0.4, 0.5) is 0 Å². The Bertz CT molecular complexity index is 369. The van der Waals surface area contributed by atoms with Crippen LogP contribution < -0.4 is 9.16 Å². The molecule has 0 aliphatic rings. The first kappa shape index (κ1) is 12.8. The summed E-state index contributed by atoms with van der Waals surface area (Å²) >= 11 is 0. The van der Waals surface area contributed by atoms with E-state index in [1.54, 1.807) is 12.1 Å². The van der Waals surface area contributed by atoms with Gasteiger partial charge in [0.05, 0.1) is 12.2 Å². The van der Waals surface area contributed by atoms with Crippen LogP contribution in [0, 0.1) is 0 Å². The molecule has 0 aliphatic carbocycles. The molecular weight excluding hydrogens is 220 g/mol. The summed E-state index contributed by atoms with van der Waals surface area (Å²) in [6.07, 6.45) is 0.804. The molecule has 1 rings (SSSR count). The minimum Gasteiger partial charge on any atom is -0.544 e. The molecule has 0 radical (unpaired) electrons. The first-order valence-electron chi connectivity index (χ1n) is 5.37. The highest BCUT2D eigenvalue weighted by Gasteiger charge is 2.18. The third-order valence-electron chi connectivity index (χ3n) is 1.84. The van der Waals surface area contributed by atoms with Gasteiger partial charge in [0.25, 0.3) is 0 Å². The topological polar surface area (TPSA) is 35.5 Å². The number of benzene rings is 1. The van der Waals surface area contributed by atoms with E-state index in [-0.39, 0.29) is 0 Å². The van der Waals surface area contributed by atoms with Crippen molar-refractivity contribution >= 4 is 14.6 Å². The van der Waals surface area contributed by atoms with Gasteiger partial charge in [0.2, 0.25) is 8.32 Å². The van der Waals surface area contributed by atoms with Crippen molar-refractivity contribution in [2.24, 2.45) is 0 Å². The average Bonchev–Trinajstić information content (AvgIpc) is 2.18. The molecule has 0 spiro atoms. The largest absolute Gasteiger partial charge is 0.544 e. The van der Waals surface area contributed by atoms with Crippen LogP contribution in [0.1, 0.15) is 17.3 Å². The van der Waals surface area contributed by atoms with Crippen LogP contribution >= 0.6 is 0 Å². The molecular formula is C12H18O3Si. The van der Waals surface area contributed by atoms with Crippen molar-refractivity contribution in [1.29, 1.82) is 0 Å². The third-order valence-corrected chi connectivity index (χ3v) is 2.67. The Morgan fingerprint density at radius 1 is 1.31 bits per heavy atom. The van der Waals surface area contributed by atoms with Gasteiger partial charge in [0, 0.05) is 0 Å². The number of hydrogen-bond acceptors (Lipinski definition) is 3. The van der Waals surface area contributed by atoms with E-state index in [9.17, 15) is 4.79 Å². The molecule has 0 saturated heterocycles. The lowest BCUT2D eigenvalue weighted by atomic mass is 10.2. The Morgan fingerprint density at radius 2 is 2.00 bits per heavy atom. The molecule has 0 aliphatic heterocycles. The molecule has 4 heteroatoms. The fourth-order valence-corrected chi connectivity index (χ4v) is 2.14.